The van der Waals surface area contributed by atoms with E-state index < -0.39 is 29.6 Å². The number of hydrogen-bond donors (Lipinski definition) is 12. The minimum atomic E-state index is -1.05. The molecule has 2 atom stereocenters. The highest BCUT2D eigenvalue weighted by molar-refractivity contribution is 7.19. The fourth-order valence-corrected chi connectivity index (χ4v) is 20.6. The Balaban J connectivity index is 0.000000115. The van der Waals surface area contributed by atoms with Gasteiger partial charge in [-0.25, -0.2) is 64.6 Å². The van der Waals surface area contributed by atoms with E-state index >= 15 is 0 Å². The lowest BCUT2D eigenvalue weighted by Gasteiger charge is -2.18. The van der Waals surface area contributed by atoms with Gasteiger partial charge in [-0.2, -0.15) is 5.10 Å². The number of halogens is 1. The molecule has 15 heterocycles. The summed E-state index contributed by atoms with van der Waals surface area (Å²) in [6, 6.07) is 35.1. The molecule has 0 bridgehead atoms. The normalized spacial score (nSPS) is 13.8. The number of benzene rings is 6. The molecule has 42 heteroatoms. The third-order valence-corrected chi connectivity index (χ3v) is 28.7. The molecule has 19 aromatic rings. The average Bonchev–Trinajstić information content (AvgIpc) is 1.65. The quantitative estimate of drug-likeness (QED) is 0.0283. The van der Waals surface area contributed by atoms with E-state index in [-0.39, 0.29) is 28.9 Å². The van der Waals surface area contributed by atoms with Crippen LogP contribution >= 0.6 is 79.6 Å². The number of anilines is 12. The number of carbonyl (C=O) groups excluding carboxylic acids is 4. The second-order valence-electron chi connectivity index (χ2n) is 31.8. The van der Waals surface area contributed by atoms with Gasteiger partial charge in [0.05, 0.1) is 133 Å². The van der Waals surface area contributed by atoms with Crippen LogP contribution in [0.3, 0.4) is 0 Å². The van der Waals surface area contributed by atoms with Crippen LogP contribution in [0.5, 0.6) is 17.2 Å². The van der Waals surface area contributed by atoms with Crippen LogP contribution in [0.1, 0.15) is 118 Å². The lowest BCUT2D eigenvalue weighted by Crippen LogP contribution is -2.17. The molecule has 13 aromatic heterocycles. The van der Waals surface area contributed by atoms with Gasteiger partial charge in [-0.3, -0.25) is 24.3 Å². The standard InChI is InChI=1S/C19H20N4O2S.C18H18N4O3S.C17H16N4O3S.C14H10ClN3O2S.C14H11N5S.C14H12N4OS/c1-11-9-26-17-16(11)21-10-22-19(17)23-14-7-6-12(18(20)24)8-15(14)25-13-4-2-3-5-13;1-10-8-26-16-15(10)20-9-21-18(16)22-13-3-2-11(17(19)23)6-14(13)25-12-4-5-24-7-12;18-16(22)10-1-2-12(14(7-10)24-11-3-5-23-8-11)21-17-15-13(4-6-25-15)19-9-20-17;1-7-5-21-12-11(7)16-6-17-13(12)18-8-2-3-9(14(19)20)10(15)4-8;1-8-6-20-13-12(8)15-7-16-14(13)18-10-2-3-11-9(4-10)5-17-19-11;1-8-6-20-12-11(8)16-7-17-14(12)18-10-4-2-9(3-5-10)13(15)19/h6-10,13H,2-5H2,1H3,(H2,20,24)(H,21,22,23);2-3,6,8-9,12H,4-5,7H2,1H3,(H2,19,23)(H,20,21,22);1-2,4,6-7,9,11H,3,5,8H2,(H2,18,22)(H,19,20,21);2-6H,1H3,(H,19,20)(H,16,17,18);2-7H,1H3,(H,17,19)(H,15,16,18);2-7H,1H3,(H2,15,19)(H,16,17,18). The predicted octanol–water partition coefficient (Wildman–Crippen LogP) is 20.4. The molecule has 138 heavy (non-hydrogen) atoms. The molecule has 35 nitrogen and oxygen atoms in total. The molecule has 3 fully saturated rings. The molecular weight excluding hydrogens is 1890 g/mol. The largest absolute Gasteiger partial charge is 0.488 e. The lowest BCUT2D eigenvalue weighted by atomic mass is 10.1. The van der Waals surface area contributed by atoms with E-state index in [1.54, 1.807) is 172 Å². The molecule has 2 aliphatic heterocycles. The van der Waals surface area contributed by atoms with Crippen LogP contribution in [0, 0.1) is 34.6 Å². The van der Waals surface area contributed by atoms with Crippen LogP contribution < -0.4 is 69.0 Å². The Hall–Kier alpha value is -15.2. The zero-order valence-electron chi connectivity index (χ0n) is 74.3. The number of amides is 4. The van der Waals surface area contributed by atoms with Gasteiger partial charge in [0.1, 0.15) is 67.4 Å². The zero-order chi connectivity index (χ0) is 96.0. The van der Waals surface area contributed by atoms with Crippen LogP contribution in [0.4, 0.5) is 69.0 Å². The van der Waals surface area contributed by atoms with Crippen molar-refractivity contribution >= 4 is 250 Å². The van der Waals surface area contributed by atoms with Crippen molar-refractivity contribution in [1.82, 2.24) is 70.0 Å². The second kappa shape index (κ2) is 43.2. The number of carboxylic acids is 1. The van der Waals surface area contributed by atoms with Crippen molar-refractivity contribution in [3.8, 4) is 17.2 Å². The first-order chi connectivity index (χ1) is 66.9. The summed E-state index contributed by atoms with van der Waals surface area (Å²) in [6.45, 7) is 12.5. The fraction of sp³-hybridized carbons (Fsp3) is 0.188. The smallest absolute Gasteiger partial charge is 0.337 e. The monoisotopic (exact) mass is 1980 g/mol. The van der Waals surface area contributed by atoms with Crippen LogP contribution in [-0.4, -0.2) is 149 Å². The molecule has 4 amide bonds. The molecule has 0 spiro atoms. The second-order valence-corrected chi connectivity index (χ2v) is 37.5. The molecule has 6 aromatic carbocycles. The number of nitrogens with one attached hydrogen (secondary N) is 7. The number of carboxylic acid groups (broad SMARTS) is 1. The number of rotatable bonds is 23. The Labute approximate surface area is 815 Å². The van der Waals surface area contributed by atoms with Gasteiger partial charge in [0.25, 0.3) is 0 Å². The molecule has 2 unspecified atom stereocenters. The van der Waals surface area contributed by atoms with Gasteiger partial charge in [0, 0.05) is 57.5 Å². The summed E-state index contributed by atoms with van der Waals surface area (Å²) in [6.07, 6.45) is 17.2. The molecule has 1 saturated carbocycles. The van der Waals surface area contributed by atoms with E-state index in [0.717, 1.165) is 155 Å². The lowest BCUT2D eigenvalue weighted by molar-refractivity contribution is 0.0696. The number of aromatic amines is 1. The fourth-order valence-electron chi connectivity index (χ4n) is 14.9. The Kier molecular flexibility index (Phi) is 29.6. The Morgan fingerprint density at radius 2 is 0.746 bits per heavy atom. The Morgan fingerprint density at radius 1 is 0.391 bits per heavy atom. The number of hydrogen-bond acceptors (Lipinski definition) is 35. The van der Waals surface area contributed by atoms with E-state index in [1.165, 1.54) is 43.5 Å². The predicted molar refractivity (Wildman–Crippen MR) is 545 cm³/mol. The molecule has 700 valence electrons. The summed E-state index contributed by atoms with van der Waals surface area (Å²) >= 11 is 15.5. The topological polar surface area (TPSA) is 511 Å². The average molecular weight is 1980 g/mol. The number of nitrogens with zero attached hydrogens (tertiary/aromatic N) is 13. The number of ether oxygens (including phenoxy) is 5. The van der Waals surface area contributed by atoms with Crippen LogP contribution in [-0.2, 0) is 9.47 Å². The van der Waals surface area contributed by atoms with Crippen molar-refractivity contribution in [3.05, 3.63) is 258 Å². The number of carbonyl (C=O) groups is 5. The van der Waals surface area contributed by atoms with Crippen LogP contribution in [0.15, 0.2) is 198 Å². The summed E-state index contributed by atoms with van der Waals surface area (Å²) in [5.41, 5.74) is 40.2. The van der Waals surface area contributed by atoms with Gasteiger partial charge < -0.3 is 83.6 Å². The highest BCUT2D eigenvalue weighted by Gasteiger charge is 2.26. The maximum Gasteiger partial charge on any atom is 0.337 e. The number of aromatic nitrogens is 14. The molecule has 3 aliphatic rings. The van der Waals surface area contributed by atoms with Gasteiger partial charge in [-0.1, -0.05) is 11.6 Å². The van der Waals surface area contributed by atoms with E-state index in [4.69, 9.17) is 63.3 Å². The van der Waals surface area contributed by atoms with E-state index in [0.29, 0.717) is 100 Å². The van der Waals surface area contributed by atoms with Crippen molar-refractivity contribution in [2.45, 2.75) is 91.5 Å². The van der Waals surface area contributed by atoms with Crippen molar-refractivity contribution < 1.29 is 52.8 Å². The summed E-state index contributed by atoms with van der Waals surface area (Å²) in [4.78, 5) is 108. The first kappa shape index (κ1) is 94.6. The molecule has 16 N–H and O–H groups in total. The third-order valence-electron chi connectivity index (χ3n) is 22.0. The molecule has 22 rings (SSSR count). The van der Waals surface area contributed by atoms with Crippen molar-refractivity contribution in [1.29, 1.82) is 0 Å². The summed E-state index contributed by atoms with van der Waals surface area (Å²) in [5, 5.41) is 49.1. The molecular formula is C96H87ClN24O11S6. The maximum absolute atomic E-state index is 11.6. The highest BCUT2D eigenvalue weighted by Crippen LogP contribution is 2.42. The van der Waals surface area contributed by atoms with Crippen LogP contribution in [0.25, 0.3) is 72.2 Å². The number of aromatic carboxylic acids is 1. The summed E-state index contributed by atoms with van der Waals surface area (Å²) in [7, 11) is 0. The number of aryl methyl sites for hydroxylation is 5. The van der Waals surface area contributed by atoms with Gasteiger partial charge in [0.2, 0.25) is 23.6 Å². The van der Waals surface area contributed by atoms with Gasteiger partial charge in [0.15, 0.2) is 34.9 Å². The molecule has 2 saturated heterocycles. The summed E-state index contributed by atoms with van der Waals surface area (Å²) < 4.78 is 35.0. The number of nitrogens with two attached hydrogens (primary N) is 4. The Bertz CT molecular complexity index is 7550. The minimum Gasteiger partial charge on any atom is -0.488 e. The molecule has 0 radical (unpaired) electrons. The van der Waals surface area contributed by atoms with Crippen LogP contribution in [0.2, 0.25) is 5.02 Å². The Morgan fingerprint density at radius 3 is 1.13 bits per heavy atom. The first-order valence-corrected chi connectivity index (χ1v) is 48.7. The third kappa shape index (κ3) is 22.5. The van der Waals surface area contributed by atoms with E-state index in [9.17, 15) is 24.0 Å². The number of thiophene rings is 6. The zero-order valence-corrected chi connectivity index (χ0v) is 80.0. The summed E-state index contributed by atoms with van der Waals surface area (Å²) in [5.74, 6) is 3.20. The number of primary amides is 4. The van der Waals surface area contributed by atoms with E-state index in [2.05, 4.69) is 125 Å². The number of fused-ring (bicyclic) bond motifs is 7. The minimum absolute atomic E-state index is 0.0455. The van der Waals surface area contributed by atoms with Gasteiger partial charge in [-0.05, 0) is 242 Å². The van der Waals surface area contributed by atoms with Crippen molar-refractivity contribution in [2.75, 3.05) is 58.3 Å². The van der Waals surface area contributed by atoms with Gasteiger partial charge in [-0.15, -0.1) is 68.0 Å². The van der Waals surface area contributed by atoms with Gasteiger partial charge >= 0.3 is 5.97 Å². The van der Waals surface area contributed by atoms with E-state index in [1.807, 2.05) is 80.4 Å². The number of H-pyrrole nitrogens is 1. The maximum atomic E-state index is 11.6. The first-order valence-electron chi connectivity index (χ1n) is 43.0. The molecule has 1 aliphatic carbocycles. The highest BCUT2D eigenvalue weighted by atomic mass is 35.5. The van der Waals surface area contributed by atoms with Crippen molar-refractivity contribution in [3.63, 3.8) is 0 Å². The SMILES string of the molecule is Cc1csc2c(Nc3ccc(C(=O)O)c(Cl)c3)ncnc12.Cc1csc2c(Nc3ccc(C(N)=O)cc3)ncnc12.Cc1csc2c(Nc3ccc(C(N)=O)cc3OC3CCCC3)ncnc12.Cc1csc2c(Nc3ccc(C(N)=O)cc3OC3CCOC3)ncnc12.Cc1csc2c(Nc3ccc4[nH]ncc4c3)ncnc12.NC(=O)c1ccc(Nc2ncnc3ccsc23)c(OC2CCOC2)c1. The van der Waals surface area contributed by atoms with Crippen molar-refractivity contribution in [2.24, 2.45) is 22.9 Å².